The van der Waals surface area contributed by atoms with Gasteiger partial charge in [-0.25, -0.2) is 0 Å². The summed E-state index contributed by atoms with van der Waals surface area (Å²) in [5.74, 6) is 1.63. The fraction of sp³-hybridized carbons (Fsp3) is 0.625. The Bertz CT molecular complexity index is 348. The Morgan fingerprint density at radius 3 is 2.28 bits per heavy atom. The van der Waals surface area contributed by atoms with Crippen LogP contribution in [0.15, 0.2) is 24.3 Å². The third-order valence-corrected chi connectivity index (χ3v) is 3.75. The highest BCUT2D eigenvalue weighted by Crippen LogP contribution is 2.26. The van der Waals surface area contributed by atoms with E-state index in [9.17, 15) is 0 Å². The van der Waals surface area contributed by atoms with E-state index in [1.165, 1.54) is 30.8 Å². The van der Waals surface area contributed by atoms with Crippen molar-refractivity contribution in [2.75, 3.05) is 24.5 Å². The van der Waals surface area contributed by atoms with Gasteiger partial charge in [0, 0.05) is 25.3 Å². The Kier molecular flexibility index (Phi) is 4.65. The maximum absolute atomic E-state index is 3.36. The molecule has 2 rings (SSSR count). The molecule has 0 aliphatic carbocycles. The summed E-state index contributed by atoms with van der Waals surface area (Å²) in [4.78, 5) is 2.54. The van der Waals surface area contributed by atoms with Crippen LogP contribution in [0.25, 0.3) is 0 Å². The van der Waals surface area contributed by atoms with E-state index >= 15 is 0 Å². The number of nitrogens with one attached hydrogen (secondary N) is 1. The van der Waals surface area contributed by atoms with Crippen molar-refractivity contribution in [1.29, 1.82) is 0 Å². The predicted octanol–water partition coefficient (Wildman–Crippen LogP) is 3.28. The van der Waals surface area contributed by atoms with Crippen molar-refractivity contribution in [2.45, 2.75) is 33.7 Å². The van der Waals surface area contributed by atoms with Crippen molar-refractivity contribution in [2.24, 2.45) is 11.8 Å². The second kappa shape index (κ2) is 6.24. The first-order valence-corrected chi connectivity index (χ1v) is 7.23. The van der Waals surface area contributed by atoms with E-state index in [2.05, 4.69) is 55.3 Å². The van der Waals surface area contributed by atoms with Crippen LogP contribution >= 0.6 is 0 Å². The minimum atomic E-state index is 0.815. The summed E-state index contributed by atoms with van der Waals surface area (Å²) in [6.45, 7) is 11.3. The highest BCUT2D eigenvalue weighted by atomic mass is 15.1. The Hall–Kier alpha value is -1.02. The molecule has 1 aliphatic rings. The zero-order chi connectivity index (χ0) is 13.0. The summed E-state index contributed by atoms with van der Waals surface area (Å²) in [6.07, 6.45) is 1.37. The molecule has 2 unspecified atom stereocenters. The van der Waals surface area contributed by atoms with Crippen LogP contribution in [0, 0.1) is 11.8 Å². The second-order valence-corrected chi connectivity index (χ2v) is 5.80. The Morgan fingerprint density at radius 2 is 1.72 bits per heavy atom. The molecule has 1 aromatic rings. The van der Waals surface area contributed by atoms with E-state index in [4.69, 9.17) is 0 Å². The zero-order valence-electron chi connectivity index (χ0n) is 11.9. The van der Waals surface area contributed by atoms with Crippen LogP contribution in [-0.4, -0.2) is 19.6 Å². The first-order valence-electron chi connectivity index (χ1n) is 7.23. The summed E-state index contributed by atoms with van der Waals surface area (Å²) in [6, 6.07) is 9.05. The van der Waals surface area contributed by atoms with Gasteiger partial charge in [0.25, 0.3) is 0 Å². The minimum absolute atomic E-state index is 0.815. The zero-order valence-corrected chi connectivity index (χ0v) is 11.9. The van der Waals surface area contributed by atoms with Crippen molar-refractivity contribution in [3.05, 3.63) is 29.8 Å². The second-order valence-electron chi connectivity index (χ2n) is 5.80. The van der Waals surface area contributed by atoms with Crippen molar-refractivity contribution in [1.82, 2.24) is 5.32 Å². The molecule has 100 valence electrons. The summed E-state index contributed by atoms with van der Waals surface area (Å²) in [5.41, 5.74) is 2.76. The molecule has 2 nitrogen and oxygen atoms in total. The largest absolute Gasteiger partial charge is 0.371 e. The van der Waals surface area contributed by atoms with Gasteiger partial charge in [0.1, 0.15) is 0 Å². The van der Waals surface area contributed by atoms with E-state index in [-0.39, 0.29) is 0 Å². The number of piperidine rings is 1. The topological polar surface area (TPSA) is 15.3 Å². The van der Waals surface area contributed by atoms with Crippen LogP contribution in [0.1, 0.15) is 32.8 Å². The molecular formula is C16H26N2. The van der Waals surface area contributed by atoms with E-state index in [0.29, 0.717) is 0 Å². The lowest BCUT2D eigenvalue weighted by Gasteiger charge is -2.36. The van der Waals surface area contributed by atoms with Gasteiger partial charge < -0.3 is 10.2 Å². The Morgan fingerprint density at radius 1 is 1.11 bits per heavy atom. The van der Waals surface area contributed by atoms with Gasteiger partial charge in [-0.15, -0.1) is 0 Å². The number of rotatable bonds is 4. The molecule has 0 saturated carbocycles. The van der Waals surface area contributed by atoms with Gasteiger partial charge in [0.15, 0.2) is 0 Å². The Balaban J connectivity index is 2.00. The van der Waals surface area contributed by atoms with E-state index in [1.807, 2.05) is 0 Å². The molecule has 18 heavy (non-hydrogen) atoms. The lowest BCUT2D eigenvalue weighted by Crippen LogP contribution is -2.38. The minimum Gasteiger partial charge on any atom is -0.371 e. The van der Waals surface area contributed by atoms with Gasteiger partial charge in [-0.05, 0) is 42.5 Å². The summed E-state index contributed by atoms with van der Waals surface area (Å²) in [5, 5.41) is 3.36. The van der Waals surface area contributed by atoms with Gasteiger partial charge in [0.2, 0.25) is 0 Å². The van der Waals surface area contributed by atoms with Crippen molar-refractivity contribution >= 4 is 5.69 Å². The Labute approximate surface area is 111 Å². The quantitative estimate of drug-likeness (QED) is 0.877. The highest BCUT2D eigenvalue weighted by Gasteiger charge is 2.21. The van der Waals surface area contributed by atoms with Crippen molar-refractivity contribution < 1.29 is 0 Å². The molecule has 1 fully saturated rings. The molecule has 0 radical (unpaired) electrons. The molecule has 0 spiro atoms. The standard InChI is InChI=1S/C16H26N2/c1-4-17-10-15-5-7-16(8-6-15)18-11-13(2)9-14(3)12-18/h5-8,13-14,17H,4,9-12H2,1-3H3. The number of hydrogen-bond donors (Lipinski definition) is 1. The highest BCUT2D eigenvalue weighted by molar-refractivity contribution is 5.48. The summed E-state index contributed by atoms with van der Waals surface area (Å²) in [7, 11) is 0. The normalized spacial score (nSPS) is 24.3. The lowest BCUT2D eigenvalue weighted by atomic mass is 9.91. The van der Waals surface area contributed by atoms with Gasteiger partial charge in [-0.1, -0.05) is 32.9 Å². The van der Waals surface area contributed by atoms with Gasteiger partial charge in [0.05, 0.1) is 0 Å². The van der Waals surface area contributed by atoms with Crippen LogP contribution in [-0.2, 0) is 6.54 Å². The average molecular weight is 246 g/mol. The van der Waals surface area contributed by atoms with Crippen LogP contribution in [0.4, 0.5) is 5.69 Å². The number of hydrogen-bond acceptors (Lipinski definition) is 2. The molecule has 0 bridgehead atoms. The fourth-order valence-corrected chi connectivity index (χ4v) is 2.97. The summed E-state index contributed by atoms with van der Waals surface area (Å²) < 4.78 is 0. The third-order valence-electron chi connectivity index (χ3n) is 3.75. The lowest BCUT2D eigenvalue weighted by molar-refractivity contribution is 0.357. The monoisotopic (exact) mass is 246 g/mol. The molecule has 1 aromatic carbocycles. The molecule has 1 N–H and O–H groups in total. The fourth-order valence-electron chi connectivity index (χ4n) is 2.97. The van der Waals surface area contributed by atoms with Crippen molar-refractivity contribution in [3.8, 4) is 0 Å². The van der Waals surface area contributed by atoms with Gasteiger partial charge in [-0.3, -0.25) is 0 Å². The van der Waals surface area contributed by atoms with Crippen LogP contribution < -0.4 is 10.2 Å². The first kappa shape index (κ1) is 13.4. The van der Waals surface area contributed by atoms with Crippen LogP contribution in [0.5, 0.6) is 0 Å². The van der Waals surface area contributed by atoms with E-state index in [0.717, 1.165) is 24.9 Å². The molecule has 2 heteroatoms. The smallest absolute Gasteiger partial charge is 0.0366 e. The third kappa shape index (κ3) is 3.49. The first-order chi connectivity index (χ1) is 8.69. The molecule has 1 heterocycles. The number of benzene rings is 1. The van der Waals surface area contributed by atoms with Crippen LogP contribution in [0.3, 0.4) is 0 Å². The predicted molar refractivity (Wildman–Crippen MR) is 79.0 cm³/mol. The maximum atomic E-state index is 3.36. The molecule has 1 saturated heterocycles. The molecule has 0 aromatic heterocycles. The van der Waals surface area contributed by atoms with Gasteiger partial charge in [-0.2, -0.15) is 0 Å². The van der Waals surface area contributed by atoms with E-state index < -0.39 is 0 Å². The molecule has 2 atom stereocenters. The molecule has 1 aliphatic heterocycles. The maximum Gasteiger partial charge on any atom is 0.0366 e. The molecular weight excluding hydrogens is 220 g/mol. The number of anilines is 1. The number of nitrogens with zero attached hydrogens (tertiary/aromatic N) is 1. The average Bonchev–Trinajstić information content (AvgIpc) is 2.36. The van der Waals surface area contributed by atoms with Crippen LogP contribution in [0.2, 0.25) is 0 Å². The summed E-state index contributed by atoms with van der Waals surface area (Å²) >= 11 is 0. The SMILES string of the molecule is CCNCc1ccc(N2CC(C)CC(C)C2)cc1. The van der Waals surface area contributed by atoms with Gasteiger partial charge >= 0.3 is 0 Å². The molecule has 0 amide bonds. The van der Waals surface area contributed by atoms with E-state index in [1.54, 1.807) is 0 Å². The van der Waals surface area contributed by atoms with Crippen molar-refractivity contribution in [3.63, 3.8) is 0 Å².